The minimum Gasteiger partial charge on any atom is -0.352 e. The second-order valence-electron chi connectivity index (χ2n) is 7.14. The standard InChI is InChI=1S/C23H29N3O3/c1-4-26(16-21(27)24-17(2)3)22(28)15-20(18-11-7-5-8-12-18)25-23(29)19-13-9-6-10-14-19/h5-14,17,20H,4,15-16H2,1-3H3,(H,24,27)(H,25,29). The van der Waals surface area contributed by atoms with Gasteiger partial charge in [0.2, 0.25) is 11.8 Å². The van der Waals surface area contributed by atoms with Crippen molar-refractivity contribution in [1.82, 2.24) is 15.5 Å². The maximum Gasteiger partial charge on any atom is 0.251 e. The SMILES string of the molecule is CCN(CC(=O)NC(C)C)C(=O)CC(NC(=O)c1ccccc1)c1ccccc1. The number of carbonyl (C=O) groups excluding carboxylic acids is 3. The zero-order valence-electron chi connectivity index (χ0n) is 17.2. The minimum atomic E-state index is -0.487. The van der Waals surface area contributed by atoms with Gasteiger partial charge in [-0.2, -0.15) is 0 Å². The third-order valence-electron chi connectivity index (χ3n) is 4.44. The first kappa shape index (κ1) is 22.1. The predicted octanol–water partition coefficient (Wildman–Crippen LogP) is 2.92. The van der Waals surface area contributed by atoms with Crippen LogP contribution in [0.15, 0.2) is 60.7 Å². The molecule has 0 aliphatic heterocycles. The Bertz CT molecular complexity index is 807. The van der Waals surface area contributed by atoms with E-state index in [4.69, 9.17) is 0 Å². The van der Waals surface area contributed by atoms with Gasteiger partial charge in [-0.15, -0.1) is 0 Å². The van der Waals surface area contributed by atoms with Gasteiger partial charge in [0, 0.05) is 18.2 Å². The molecule has 0 bridgehead atoms. The summed E-state index contributed by atoms with van der Waals surface area (Å²) in [6, 6.07) is 17.8. The number of hydrogen-bond donors (Lipinski definition) is 2. The van der Waals surface area contributed by atoms with Crippen LogP contribution in [-0.4, -0.2) is 41.8 Å². The second-order valence-corrected chi connectivity index (χ2v) is 7.14. The molecule has 0 saturated heterocycles. The third kappa shape index (κ3) is 7.07. The average Bonchev–Trinajstić information content (AvgIpc) is 2.72. The van der Waals surface area contributed by atoms with Crippen molar-refractivity contribution in [3.05, 3.63) is 71.8 Å². The lowest BCUT2D eigenvalue weighted by atomic mass is 10.0. The molecule has 0 heterocycles. The molecule has 3 amide bonds. The van der Waals surface area contributed by atoms with Crippen molar-refractivity contribution in [1.29, 1.82) is 0 Å². The number of carbonyl (C=O) groups is 3. The van der Waals surface area contributed by atoms with E-state index >= 15 is 0 Å². The van der Waals surface area contributed by atoms with Crippen molar-refractivity contribution in [3.8, 4) is 0 Å². The molecule has 6 heteroatoms. The fraction of sp³-hybridized carbons (Fsp3) is 0.348. The highest BCUT2D eigenvalue weighted by Crippen LogP contribution is 2.19. The van der Waals surface area contributed by atoms with E-state index in [1.165, 1.54) is 4.90 Å². The van der Waals surface area contributed by atoms with Crippen molar-refractivity contribution < 1.29 is 14.4 Å². The first-order valence-electron chi connectivity index (χ1n) is 9.88. The molecule has 1 atom stereocenters. The zero-order chi connectivity index (χ0) is 21.2. The van der Waals surface area contributed by atoms with Crippen LogP contribution < -0.4 is 10.6 Å². The van der Waals surface area contributed by atoms with Crippen LogP contribution in [-0.2, 0) is 9.59 Å². The van der Waals surface area contributed by atoms with Crippen LogP contribution in [0.1, 0.15) is 49.2 Å². The van der Waals surface area contributed by atoms with E-state index in [9.17, 15) is 14.4 Å². The number of hydrogen-bond acceptors (Lipinski definition) is 3. The molecule has 0 radical (unpaired) electrons. The van der Waals surface area contributed by atoms with Gasteiger partial charge in [-0.25, -0.2) is 0 Å². The van der Waals surface area contributed by atoms with E-state index in [0.717, 1.165) is 5.56 Å². The summed E-state index contributed by atoms with van der Waals surface area (Å²) < 4.78 is 0. The Kier molecular flexibility index (Phi) is 8.40. The Labute approximate surface area is 172 Å². The molecule has 2 N–H and O–H groups in total. The quantitative estimate of drug-likeness (QED) is 0.685. The topological polar surface area (TPSA) is 78.5 Å². The monoisotopic (exact) mass is 395 g/mol. The number of rotatable bonds is 9. The van der Waals surface area contributed by atoms with Crippen molar-refractivity contribution in [2.45, 2.75) is 39.3 Å². The summed E-state index contributed by atoms with van der Waals surface area (Å²) in [5.41, 5.74) is 1.37. The molecule has 29 heavy (non-hydrogen) atoms. The van der Waals surface area contributed by atoms with Crippen LogP contribution >= 0.6 is 0 Å². The normalized spacial score (nSPS) is 11.6. The summed E-state index contributed by atoms with van der Waals surface area (Å²) in [7, 11) is 0. The van der Waals surface area contributed by atoms with E-state index < -0.39 is 6.04 Å². The molecule has 2 aromatic carbocycles. The Morgan fingerprint density at radius 3 is 2.03 bits per heavy atom. The number of nitrogens with zero attached hydrogens (tertiary/aromatic N) is 1. The summed E-state index contributed by atoms with van der Waals surface area (Å²) in [6.45, 7) is 6.00. The molecular formula is C23H29N3O3. The van der Waals surface area contributed by atoms with Gasteiger partial charge in [-0.3, -0.25) is 14.4 Å². The highest BCUT2D eigenvalue weighted by molar-refractivity contribution is 5.94. The van der Waals surface area contributed by atoms with Crippen molar-refractivity contribution in [2.75, 3.05) is 13.1 Å². The lowest BCUT2D eigenvalue weighted by Crippen LogP contribution is -2.43. The van der Waals surface area contributed by atoms with E-state index in [1.54, 1.807) is 24.3 Å². The second kappa shape index (κ2) is 11.0. The van der Waals surface area contributed by atoms with Crippen molar-refractivity contribution >= 4 is 17.7 Å². The summed E-state index contributed by atoms with van der Waals surface area (Å²) in [6.07, 6.45) is 0.0748. The molecule has 6 nitrogen and oxygen atoms in total. The molecule has 0 fully saturated rings. The van der Waals surface area contributed by atoms with Crippen LogP contribution in [0.5, 0.6) is 0 Å². The Morgan fingerprint density at radius 1 is 0.897 bits per heavy atom. The fourth-order valence-electron chi connectivity index (χ4n) is 2.99. The first-order valence-corrected chi connectivity index (χ1v) is 9.88. The van der Waals surface area contributed by atoms with E-state index in [2.05, 4.69) is 10.6 Å². The number of amides is 3. The number of benzene rings is 2. The fourth-order valence-corrected chi connectivity index (χ4v) is 2.99. The molecule has 2 rings (SSSR count). The van der Waals surface area contributed by atoms with Gasteiger partial charge >= 0.3 is 0 Å². The first-order chi connectivity index (χ1) is 13.9. The minimum absolute atomic E-state index is 0.00164. The molecule has 2 aromatic rings. The van der Waals surface area contributed by atoms with E-state index in [0.29, 0.717) is 12.1 Å². The van der Waals surface area contributed by atoms with Gasteiger partial charge in [-0.05, 0) is 38.5 Å². The van der Waals surface area contributed by atoms with Gasteiger partial charge in [-0.1, -0.05) is 48.5 Å². The molecule has 0 saturated carbocycles. The highest BCUT2D eigenvalue weighted by atomic mass is 16.2. The zero-order valence-corrected chi connectivity index (χ0v) is 17.2. The van der Waals surface area contributed by atoms with Crippen LogP contribution in [0.2, 0.25) is 0 Å². The molecule has 0 aromatic heterocycles. The Morgan fingerprint density at radius 2 is 1.48 bits per heavy atom. The molecular weight excluding hydrogens is 366 g/mol. The van der Waals surface area contributed by atoms with Gasteiger partial charge in [0.15, 0.2) is 0 Å². The highest BCUT2D eigenvalue weighted by Gasteiger charge is 2.23. The van der Waals surface area contributed by atoms with E-state index in [-0.39, 0.29) is 36.7 Å². The van der Waals surface area contributed by atoms with Crippen LogP contribution in [0.3, 0.4) is 0 Å². The Balaban J connectivity index is 2.13. The van der Waals surface area contributed by atoms with Gasteiger partial charge in [0.25, 0.3) is 5.91 Å². The van der Waals surface area contributed by atoms with Crippen molar-refractivity contribution in [3.63, 3.8) is 0 Å². The third-order valence-corrected chi connectivity index (χ3v) is 4.44. The molecule has 1 unspecified atom stereocenters. The van der Waals surface area contributed by atoms with Crippen LogP contribution in [0.25, 0.3) is 0 Å². The van der Waals surface area contributed by atoms with Gasteiger partial charge in [0.1, 0.15) is 0 Å². The Hall–Kier alpha value is -3.15. The van der Waals surface area contributed by atoms with E-state index in [1.807, 2.05) is 57.2 Å². The lowest BCUT2D eigenvalue weighted by Gasteiger charge is -2.25. The summed E-state index contributed by atoms with van der Waals surface area (Å²) in [5, 5.41) is 5.76. The smallest absolute Gasteiger partial charge is 0.251 e. The summed E-state index contributed by atoms with van der Waals surface area (Å²) in [4.78, 5) is 39.1. The van der Waals surface area contributed by atoms with Gasteiger partial charge in [0.05, 0.1) is 19.0 Å². The molecule has 0 spiro atoms. The van der Waals surface area contributed by atoms with Gasteiger partial charge < -0.3 is 15.5 Å². The lowest BCUT2D eigenvalue weighted by molar-refractivity contribution is -0.136. The average molecular weight is 396 g/mol. The predicted molar refractivity (Wildman–Crippen MR) is 113 cm³/mol. The number of likely N-dealkylation sites (N-methyl/N-ethyl adjacent to an activating group) is 1. The van der Waals surface area contributed by atoms with Crippen LogP contribution in [0, 0.1) is 0 Å². The summed E-state index contributed by atoms with van der Waals surface area (Å²) in [5.74, 6) is -0.624. The largest absolute Gasteiger partial charge is 0.352 e. The molecule has 0 aliphatic carbocycles. The maximum absolute atomic E-state index is 12.9. The van der Waals surface area contributed by atoms with Crippen LogP contribution in [0.4, 0.5) is 0 Å². The summed E-state index contributed by atoms with van der Waals surface area (Å²) >= 11 is 0. The maximum atomic E-state index is 12.9. The number of nitrogens with one attached hydrogen (secondary N) is 2. The molecule has 0 aliphatic rings. The van der Waals surface area contributed by atoms with Crippen molar-refractivity contribution in [2.24, 2.45) is 0 Å². The molecule has 154 valence electrons.